The molecule has 0 heterocycles. The molecule has 1 nitrogen and oxygen atoms in total. The van der Waals surface area contributed by atoms with Gasteiger partial charge < -0.3 is 0 Å². The first kappa shape index (κ1) is 8.59. The fraction of sp³-hybridized carbons (Fsp3) is 0.500. The fourth-order valence-corrected chi connectivity index (χ4v) is 3.38. The molecular formula is C4H8OS3. The van der Waals surface area contributed by atoms with Crippen LogP contribution in [0.5, 0.6) is 0 Å². The highest BCUT2D eigenvalue weighted by atomic mass is 33.5. The summed E-state index contributed by atoms with van der Waals surface area (Å²) in [5.74, 6) is 0.589. The molecular weight excluding hydrogens is 160 g/mol. The summed E-state index contributed by atoms with van der Waals surface area (Å²) in [4.78, 5) is 0. The van der Waals surface area contributed by atoms with Crippen LogP contribution in [-0.2, 0) is 9.83 Å². The van der Waals surface area contributed by atoms with Crippen LogP contribution in [0.3, 0.4) is 0 Å². The quantitative estimate of drug-likeness (QED) is 0.471. The van der Waals surface area contributed by atoms with Crippen LogP contribution in [0.1, 0.15) is 0 Å². The monoisotopic (exact) mass is 168 g/mol. The van der Waals surface area contributed by atoms with E-state index in [9.17, 15) is 4.21 Å². The molecule has 0 amide bonds. The molecule has 0 N–H and O–H groups in total. The van der Waals surface area contributed by atoms with Gasteiger partial charge in [0.25, 0.3) is 0 Å². The Labute approximate surface area is 59.6 Å². The molecule has 0 bridgehead atoms. The summed E-state index contributed by atoms with van der Waals surface area (Å²) in [5.41, 5.74) is 0. The van der Waals surface area contributed by atoms with Crippen molar-refractivity contribution in [2.75, 3.05) is 12.0 Å². The van der Waals surface area contributed by atoms with Crippen molar-refractivity contribution in [1.82, 2.24) is 0 Å². The minimum Gasteiger partial charge on any atom is -0.247 e. The van der Waals surface area contributed by atoms with Crippen molar-refractivity contribution in [1.29, 1.82) is 0 Å². The van der Waals surface area contributed by atoms with E-state index >= 15 is 0 Å². The highest BCUT2D eigenvalue weighted by Crippen LogP contribution is 2.21. The SMILES string of the molecule is C=CCS(=O)SSC. The minimum atomic E-state index is -0.758. The van der Waals surface area contributed by atoms with Gasteiger partial charge in [-0.05, 0) is 6.26 Å². The molecule has 8 heavy (non-hydrogen) atoms. The predicted molar refractivity (Wildman–Crippen MR) is 44.3 cm³/mol. The Bertz CT molecular complexity index is 91.3. The van der Waals surface area contributed by atoms with E-state index in [1.165, 1.54) is 20.6 Å². The molecule has 0 aromatic rings. The predicted octanol–water partition coefficient (Wildman–Crippen LogP) is 1.85. The molecule has 4 heteroatoms. The summed E-state index contributed by atoms with van der Waals surface area (Å²) in [7, 11) is 2.13. The van der Waals surface area contributed by atoms with E-state index in [0.29, 0.717) is 5.75 Å². The second kappa shape index (κ2) is 5.72. The van der Waals surface area contributed by atoms with Gasteiger partial charge in [-0.2, -0.15) is 0 Å². The van der Waals surface area contributed by atoms with Crippen LogP contribution in [0.15, 0.2) is 12.7 Å². The van der Waals surface area contributed by atoms with Crippen LogP contribution < -0.4 is 0 Å². The topological polar surface area (TPSA) is 17.1 Å². The number of rotatable bonds is 4. The first-order chi connectivity index (χ1) is 3.81. The smallest absolute Gasteiger partial charge is 0.0949 e. The van der Waals surface area contributed by atoms with Crippen molar-refractivity contribution in [2.24, 2.45) is 0 Å². The van der Waals surface area contributed by atoms with Crippen LogP contribution in [-0.4, -0.2) is 16.2 Å². The Morgan fingerprint density at radius 3 is 2.88 bits per heavy atom. The molecule has 48 valence electrons. The van der Waals surface area contributed by atoms with Crippen LogP contribution >= 0.6 is 20.6 Å². The third-order valence-electron chi connectivity index (χ3n) is 0.398. The van der Waals surface area contributed by atoms with Gasteiger partial charge in [-0.3, -0.25) is 0 Å². The molecule has 1 unspecified atom stereocenters. The lowest BCUT2D eigenvalue weighted by Crippen LogP contribution is -1.82. The van der Waals surface area contributed by atoms with E-state index < -0.39 is 9.83 Å². The molecule has 0 aliphatic rings. The lowest BCUT2D eigenvalue weighted by atomic mass is 10.8. The summed E-state index contributed by atoms with van der Waals surface area (Å²) in [5, 5.41) is 0. The summed E-state index contributed by atoms with van der Waals surface area (Å²) in [6, 6.07) is 0. The normalized spacial score (nSPS) is 13.1. The summed E-state index contributed by atoms with van der Waals surface area (Å²) in [6.45, 7) is 3.47. The van der Waals surface area contributed by atoms with E-state index in [1.54, 1.807) is 6.08 Å². The lowest BCUT2D eigenvalue weighted by Gasteiger charge is -1.89. The van der Waals surface area contributed by atoms with Crippen molar-refractivity contribution >= 4 is 30.5 Å². The maximum atomic E-state index is 10.6. The van der Waals surface area contributed by atoms with Gasteiger partial charge in [-0.25, -0.2) is 4.21 Å². The summed E-state index contributed by atoms with van der Waals surface area (Å²) < 4.78 is 10.6. The Balaban J connectivity index is 3.18. The van der Waals surface area contributed by atoms with Crippen LogP contribution in [0.2, 0.25) is 0 Å². The van der Waals surface area contributed by atoms with Gasteiger partial charge in [0.2, 0.25) is 0 Å². The lowest BCUT2D eigenvalue weighted by molar-refractivity contribution is 0.693. The molecule has 0 spiro atoms. The standard InChI is InChI=1S/C4H8OS3/c1-3-4-8(5)7-6-2/h3H,1,4H2,2H3. The largest absolute Gasteiger partial charge is 0.247 e. The second-order valence-electron chi connectivity index (χ2n) is 0.994. The zero-order valence-electron chi connectivity index (χ0n) is 4.62. The zero-order valence-corrected chi connectivity index (χ0v) is 7.07. The van der Waals surface area contributed by atoms with E-state index in [0.717, 1.165) is 0 Å². The van der Waals surface area contributed by atoms with Crippen molar-refractivity contribution < 1.29 is 4.21 Å². The first-order valence-corrected chi connectivity index (χ1v) is 6.41. The Morgan fingerprint density at radius 1 is 1.88 bits per heavy atom. The Hall–Kier alpha value is 0.590. The van der Waals surface area contributed by atoms with Gasteiger partial charge in [0, 0.05) is 9.83 Å². The molecule has 0 aliphatic heterocycles. The number of hydrogen-bond donors (Lipinski definition) is 0. The van der Waals surface area contributed by atoms with Gasteiger partial charge in [0.05, 0.1) is 15.6 Å². The van der Waals surface area contributed by atoms with Crippen LogP contribution in [0.25, 0.3) is 0 Å². The van der Waals surface area contributed by atoms with Gasteiger partial charge in [-0.1, -0.05) is 16.9 Å². The zero-order chi connectivity index (χ0) is 6.41. The van der Waals surface area contributed by atoms with E-state index in [1.807, 2.05) is 6.26 Å². The molecule has 0 radical (unpaired) electrons. The van der Waals surface area contributed by atoms with Crippen molar-refractivity contribution in [3.63, 3.8) is 0 Å². The maximum absolute atomic E-state index is 10.6. The third-order valence-corrected chi connectivity index (χ3v) is 5.06. The fourth-order valence-electron chi connectivity index (χ4n) is 0.200. The second-order valence-corrected chi connectivity index (χ2v) is 6.15. The average Bonchev–Trinajstić information content (AvgIpc) is 1.68. The minimum absolute atomic E-state index is 0.589. The van der Waals surface area contributed by atoms with Crippen LogP contribution in [0.4, 0.5) is 0 Å². The van der Waals surface area contributed by atoms with Gasteiger partial charge in [-0.15, -0.1) is 6.58 Å². The molecule has 0 saturated heterocycles. The van der Waals surface area contributed by atoms with Gasteiger partial charge in [0.15, 0.2) is 0 Å². The van der Waals surface area contributed by atoms with Crippen LogP contribution in [0, 0.1) is 0 Å². The van der Waals surface area contributed by atoms with Crippen molar-refractivity contribution in [3.8, 4) is 0 Å². The summed E-state index contributed by atoms with van der Waals surface area (Å²) in [6.07, 6.45) is 3.57. The highest BCUT2D eigenvalue weighted by Gasteiger charge is 1.92. The van der Waals surface area contributed by atoms with Gasteiger partial charge in [0.1, 0.15) is 0 Å². The first-order valence-electron chi connectivity index (χ1n) is 2.01. The molecule has 1 atom stereocenters. The molecule has 0 rings (SSSR count). The van der Waals surface area contributed by atoms with Crippen molar-refractivity contribution in [3.05, 3.63) is 12.7 Å². The Kier molecular flexibility index (Phi) is 6.14. The molecule has 0 saturated carbocycles. The summed E-state index contributed by atoms with van der Waals surface area (Å²) >= 11 is 0. The number of hydrogen-bond acceptors (Lipinski definition) is 3. The van der Waals surface area contributed by atoms with Crippen molar-refractivity contribution in [2.45, 2.75) is 0 Å². The highest BCUT2D eigenvalue weighted by molar-refractivity contribution is 9.05. The van der Waals surface area contributed by atoms with E-state index in [4.69, 9.17) is 0 Å². The molecule has 0 aromatic heterocycles. The van der Waals surface area contributed by atoms with Gasteiger partial charge >= 0.3 is 0 Å². The van der Waals surface area contributed by atoms with E-state index in [-0.39, 0.29) is 0 Å². The molecule has 0 aromatic carbocycles. The third kappa shape index (κ3) is 4.74. The molecule has 0 aliphatic carbocycles. The average molecular weight is 168 g/mol. The maximum Gasteiger partial charge on any atom is 0.0949 e. The molecule has 0 fully saturated rings. The Morgan fingerprint density at radius 2 is 2.50 bits per heavy atom. The van der Waals surface area contributed by atoms with E-state index in [2.05, 4.69) is 6.58 Å².